The van der Waals surface area contributed by atoms with E-state index in [0.29, 0.717) is 37.3 Å². The van der Waals surface area contributed by atoms with Crippen molar-refractivity contribution in [3.63, 3.8) is 0 Å². The third kappa shape index (κ3) is 4.04. The molecule has 1 unspecified atom stereocenters. The van der Waals surface area contributed by atoms with Gasteiger partial charge in [-0.1, -0.05) is 40.6 Å². The molecule has 3 heterocycles. The van der Waals surface area contributed by atoms with Crippen molar-refractivity contribution in [2.45, 2.75) is 17.1 Å². The lowest BCUT2D eigenvalue weighted by molar-refractivity contribution is 0.450. The maximum atomic E-state index is 12.7. The quantitative estimate of drug-likeness (QED) is 0.420. The van der Waals surface area contributed by atoms with E-state index >= 15 is 0 Å². The predicted molar refractivity (Wildman–Crippen MR) is 116 cm³/mol. The molecule has 12 heteroatoms. The minimum atomic E-state index is -1.36. The zero-order valence-corrected chi connectivity index (χ0v) is 18.3. The number of rotatable bonds is 6. The van der Waals surface area contributed by atoms with Crippen molar-refractivity contribution >= 4 is 80.6 Å². The Bertz CT molecular complexity index is 977. The van der Waals surface area contributed by atoms with Gasteiger partial charge in [0.05, 0.1) is 44.5 Å². The standard InChI is InChI=1S/C16H15Cl2N5O2S3/c17-9-4-3-5-10(12(9)18)19-14-15(22-27-21-14)20-11-8-26-16(13(11)24)28(25)23-6-1-2-7-23/h3-5,8,24H,1-2,6-7H2,(H,19,21)(H,20,22). The summed E-state index contributed by atoms with van der Waals surface area (Å²) in [6.45, 7) is 1.55. The van der Waals surface area contributed by atoms with Crippen LogP contribution in [-0.4, -0.2) is 35.8 Å². The monoisotopic (exact) mass is 475 g/mol. The van der Waals surface area contributed by atoms with Crippen LogP contribution < -0.4 is 10.6 Å². The molecule has 0 bridgehead atoms. The van der Waals surface area contributed by atoms with Crippen LogP contribution in [0.3, 0.4) is 0 Å². The van der Waals surface area contributed by atoms with Gasteiger partial charge in [0.25, 0.3) is 4.21 Å². The van der Waals surface area contributed by atoms with Crippen molar-refractivity contribution in [1.29, 1.82) is 0 Å². The average molecular weight is 476 g/mol. The molecule has 0 saturated carbocycles. The Morgan fingerprint density at radius 2 is 1.79 bits per heavy atom. The topological polar surface area (TPSA) is 96.4 Å². The smallest absolute Gasteiger partial charge is 0.272 e. The lowest BCUT2D eigenvalue weighted by Crippen LogP contribution is -2.27. The first-order valence-electron chi connectivity index (χ1n) is 8.32. The number of nitrogens with zero attached hydrogens (tertiary/aromatic N) is 3. The van der Waals surface area contributed by atoms with Gasteiger partial charge in [0.15, 0.2) is 11.6 Å². The summed E-state index contributed by atoms with van der Waals surface area (Å²) in [6, 6.07) is 5.24. The van der Waals surface area contributed by atoms with Crippen LogP contribution in [0.25, 0.3) is 0 Å². The van der Waals surface area contributed by atoms with Crippen LogP contribution in [0.4, 0.5) is 23.0 Å². The van der Waals surface area contributed by atoms with Gasteiger partial charge in [0.2, 0.25) is 5.75 Å². The Hall–Kier alpha value is -1.27. The molecule has 0 aliphatic carbocycles. The number of benzene rings is 1. The highest BCUT2D eigenvalue weighted by Gasteiger charge is 2.31. The SMILES string of the molecule is [O-][S+](c1scc(Nc2nsnc2Nc2cccc(Cl)c2Cl)c1O)N1CCCC1. The number of hydrogen-bond acceptors (Lipinski definition) is 9. The maximum absolute atomic E-state index is 12.7. The lowest BCUT2D eigenvalue weighted by Gasteiger charge is -2.17. The molecule has 0 spiro atoms. The van der Waals surface area contributed by atoms with Crippen molar-refractivity contribution in [1.82, 2.24) is 13.1 Å². The highest BCUT2D eigenvalue weighted by molar-refractivity contribution is 7.91. The van der Waals surface area contributed by atoms with Gasteiger partial charge in [-0.15, -0.1) is 4.31 Å². The molecule has 4 rings (SSSR count). The lowest BCUT2D eigenvalue weighted by atomic mass is 10.3. The fourth-order valence-corrected chi connectivity index (χ4v) is 6.05. The van der Waals surface area contributed by atoms with Gasteiger partial charge in [-0.05, 0) is 25.0 Å². The van der Waals surface area contributed by atoms with Gasteiger partial charge in [0.1, 0.15) is 0 Å². The summed E-state index contributed by atoms with van der Waals surface area (Å²) in [5.74, 6) is 0.838. The summed E-state index contributed by atoms with van der Waals surface area (Å²) in [5.41, 5.74) is 1.02. The first kappa shape index (κ1) is 20.0. The van der Waals surface area contributed by atoms with Crippen LogP contribution in [0.15, 0.2) is 27.8 Å². The summed E-state index contributed by atoms with van der Waals surface area (Å²) in [4.78, 5) is 0. The Morgan fingerprint density at radius 1 is 1.11 bits per heavy atom. The Balaban J connectivity index is 1.53. The van der Waals surface area contributed by atoms with E-state index in [-0.39, 0.29) is 5.75 Å². The second-order valence-electron chi connectivity index (χ2n) is 5.98. The van der Waals surface area contributed by atoms with Crippen molar-refractivity contribution in [3.8, 4) is 5.75 Å². The third-order valence-electron chi connectivity index (χ3n) is 4.14. The molecule has 1 atom stereocenters. The largest absolute Gasteiger partial charge is 0.592 e. The number of thiophene rings is 1. The van der Waals surface area contributed by atoms with Gasteiger partial charge in [-0.2, -0.15) is 8.75 Å². The van der Waals surface area contributed by atoms with Crippen molar-refractivity contribution in [2.75, 3.05) is 23.7 Å². The summed E-state index contributed by atoms with van der Waals surface area (Å²) < 4.78 is 23.4. The molecule has 7 nitrogen and oxygen atoms in total. The molecule has 148 valence electrons. The number of halogens is 2. The zero-order valence-electron chi connectivity index (χ0n) is 14.3. The van der Waals surface area contributed by atoms with Crippen LogP contribution in [0.5, 0.6) is 5.75 Å². The number of nitrogens with one attached hydrogen (secondary N) is 2. The van der Waals surface area contributed by atoms with Gasteiger partial charge < -0.3 is 20.3 Å². The molecule has 1 saturated heterocycles. The van der Waals surface area contributed by atoms with Gasteiger partial charge in [-0.3, -0.25) is 0 Å². The number of aromatic nitrogens is 2. The van der Waals surface area contributed by atoms with E-state index in [9.17, 15) is 9.66 Å². The van der Waals surface area contributed by atoms with E-state index in [1.54, 1.807) is 23.6 Å². The summed E-state index contributed by atoms with van der Waals surface area (Å²) in [7, 11) is 0. The van der Waals surface area contributed by atoms with Crippen molar-refractivity contribution in [2.24, 2.45) is 0 Å². The number of aromatic hydroxyl groups is 1. The van der Waals surface area contributed by atoms with E-state index in [0.717, 1.165) is 37.7 Å². The molecular weight excluding hydrogens is 461 g/mol. The first-order valence-corrected chi connectivity index (χ1v) is 11.8. The van der Waals surface area contributed by atoms with E-state index in [1.807, 2.05) is 4.31 Å². The highest BCUT2D eigenvalue weighted by Crippen LogP contribution is 2.42. The predicted octanol–water partition coefficient (Wildman–Crippen LogP) is 5.22. The minimum Gasteiger partial charge on any atom is -0.592 e. The normalized spacial score (nSPS) is 15.7. The molecule has 3 N–H and O–H groups in total. The minimum absolute atomic E-state index is 0.0324. The van der Waals surface area contributed by atoms with E-state index in [1.165, 1.54) is 11.3 Å². The second kappa shape index (κ2) is 8.62. The summed E-state index contributed by atoms with van der Waals surface area (Å²) in [6.07, 6.45) is 2.04. The van der Waals surface area contributed by atoms with Crippen LogP contribution in [0.2, 0.25) is 10.0 Å². The number of anilines is 4. The Labute approximate surface area is 182 Å². The van der Waals surface area contributed by atoms with Gasteiger partial charge >= 0.3 is 0 Å². The van der Waals surface area contributed by atoms with Crippen molar-refractivity contribution < 1.29 is 9.66 Å². The summed E-state index contributed by atoms with van der Waals surface area (Å²) in [5, 5.41) is 19.2. The second-order valence-corrected chi connectivity index (χ2v) is 9.86. The Morgan fingerprint density at radius 3 is 2.50 bits per heavy atom. The molecule has 3 aromatic rings. The van der Waals surface area contributed by atoms with Crippen LogP contribution in [0.1, 0.15) is 12.8 Å². The molecule has 0 radical (unpaired) electrons. The molecule has 1 aromatic carbocycles. The van der Waals surface area contributed by atoms with Crippen LogP contribution >= 0.6 is 46.3 Å². The zero-order chi connectivity index (χ0) is 19.7. The third-order valence-corrected chi connectivity index (χ3v) is 8.31. The molecule has 2 aromatic heterocycles. The Kier molecular flexibility index (Phi) is 6.16. The van der Waals surface area contributed by atoms with Gasteiger partial charge in [0, 0.05) is 18.5 Å². The maximum Gasteiger partial charge on any atom is 0.272 e. The highest BCUT2D eigenvalue weighted by atomic mass is 35.5. The molecule has 1 aliphatic rings. The van der Waals surface area contributed by atoms with Crippen LogP contribution in [0, 0.1) is 0 Å². The molecule has 0 amide bonds. The van der Waals surface area contributed by atoms with Crippen LogP contribution in [-0.2, 0) is 11.4 Å². The van der Waals surface area contributed by atoms with E-state index in [2.05, 4.69) is 19.4 Å². The first-order chi connectivity index (χ1) is 13.5. The molecule has 1 fully saturated rings. The summed E-state index contributed by atoms with van der Waals surface area (Å²) >= 11 is 13.2. The van der Waals surface area contributed by atoms with Gasteiger partial charge in [-0.25, -0.2) is 0 Å². The van der Waals surface area contributed by atoms with Crippen molar-refractivity contribution in [3.05, 3.63) is 33.6 Å². The van der Waals surface area contributed by atoms with E-state index < -0.39 is 11.4 Å². The van der Waals surface area contributed by atoms with E-state index in [4.69, 9.17) is 23.2 Å². The average Bonchev–Trinajstić information content (AvgIpc) is 3.42. The molecular formula is C16H15Cl2N5O2S3. The fraction of sp³-hybridized carbons (Fsp3) is 0.250. The number of hydrogen-bond donors (Lipinski definition) is 3. The fourth-order valence-electron chi connectivity index (χ4n) is 2.73. The molecule has 28 heavy (non-hydrogen) atoms. The molecule has 1 aliphatic heterocycles.